The lowest BCUT2D eigenvalue weighted by Gasteiger charge is -2.11. The molecule has 1 amide bonds. The van der Waals surface area contributed by atoms with Crippen LogP contribution in [-0.4, -0.2) is 20.7 Å². The highest BCUT2D eigenvalue weighted by Gasteiger charge is 2.42. The molecule has 27 heavy (non-hydrogen) atoms. The highest BCUT2D eigenvalue weighted by molar-refractivity contribution is 6.02. The van der Waals surface area contributed by atoms with E-state index >= 15 is 0 Å². The van der Waals surface area contributed by atoms with Gasteiger partial charge in [-0.3, -0.25) is 4.79 Å². The van der Waals surface area contributed by atoms with Gasteiger partial charge >= 0.3 is 12.4 Å². The van der Waals surface area contributed by atoms with E-state index in [0.717, 1.165) is 12.1 Å². The molecule has 0 aliphatic carbocycles. The van der Waals surface area contributed by atoms with Crippen molar-refractivity contribution in [3.05, 3.63) is 65.7 Å². The zero-order chi connectivity index (χ0) is 19.8. The summed E-state index contributed by atoms with van der Waals surface area (Å²) in [7, 11) is 0. The van der Waals surface area contributed by atoms with Crippen molar-refractivity contribution in [3.8, 4) is 5.69 Å². The van der Waals surface area contributed by atoms with E-state index in [2.05, 4.69) is 15.4 Å². The molecule has 0 spiro atoms. The SMILES string of the molecule is O=C(Nc1ccc(-n2nc(C(F)(F)F)cc2C(F)(F)F)cc1)c1ccc[nH]1. The second-order valence-electron chi connectivity index (χ2n) is 5.41. The second-order valence-corrected chi connectivity index (χ2v) is 5.41. The first-order valence-corrected chi connectivity index (χ1v) is 7.35. The van der Waals surface area contributed by atoms with E-state index in [4.69, 9.17) is 0 Å². The van der Waals surface area contributed by atoms with Gasteiger partial charge in [-0.1, -0.05) is 0 Å². The van der Waals surface area contributed by atoms with Crippen LogP contribution in [0.4, 0.5) is 32.0 Å². The first kappa shape index (κ1) is 18.5. The Morgan fingerprint density at radius 3 is 2.19 bits per heavy atom. The molecule has 0 saturated carbocycles. The van der Waals surface area contributed by atoms with Gasteiger partial charge < -0.3 is 10.3 Å². The standard InChI is InChI=1S/C16H10F6N4O/c17-15(18,19)12-8-13(16(20,21)22)26(25-12)10-5-3-9(4-6-10)24-14(27)11-2-1-7-23-11/h1-8,23H,(H,24,27). The molecule has 2 heterocycles. The van der Waals surface area contributed by atoms with Crippen molar-refractivity contribution in [2.75, 3.05) is 5.32 Å². The average Bonchev–Trinajstić information content (AvgIpc) is 3.24. The molecule has 0 bridgehead atoms. The van der Waals surface area contributed by atoms with E-state index in [-0.39, 0.29) is 27.8 Å². The van der Waals surface area contributed by atoms with Crippen LogP contribution in [0, 0.1) is 0 Å². The number of carbonyl (C=O) groups is 1. The number of hydrogen-bond donors (Lipinski definition) is 2. The predicted molar refractivity (Wildman–Crippen MR) is 82.3 cm³/mol. The number of hydrogen-bond acceptors (Lipinski definition) is 2. The molecule has 5 nitrogen and oxygen atoms in total. The topological polar surface area (TPSA) is 62.7 Å². The maximum Gasteiger partial charge on any atom is 0.435 e. The summed E-state index contributed by atoms with van der Waals surface area (Å²) in [4.78, 5) is 14.6. The molecule has 0 radical (unpaired) electrons. The fraction of sp³-hybridized carbons (Fsp3) is 0.125. The van der Waals surface area contributed by atoms with Crippen LogP contribution in [-0.2, 0) is 12.4 Å². The summed E-state index contributed by atoms with van der Waals surface area (Å²) in [5.74, 6) is -0.484. The molecule has 0 saturated heterocycles. The summed E-state index contributed by atoms with van der Waals surface area (Å²) in [6, 6.07) is 7.81. The Hall–Kier alpha value is -3.24. The molecule has 0 aliphatic heterocycles. The number of H-pyrrole nitrogens is 1. The van der Waals surface area contributed by atoms with Crippen LogP contribution in [0.2, 0.25) is 0 Å². The van der Waals surface area contributed by atoms with Gasteiger partial charge in [0.1, 0.15) is 11.4 Å². The minimum Gasteiger partial charge on any atom is -0.357 e. The maximum atomic E-state index is 13.1. The molecular weight excluding hydrogens is 378 g/mol. The Labute approximate surface area is 147 Å². The zero-order valence-corrected chi connectivity index (χ0v) is 13.2. The van der Waals surface area contributed by atoms with Gasteiger partial charge in [-0.2, -0.15) is 31.4 Å². The summed E-state index contributed by atoms with van der Waals surface area (Å²) >= 11 is 0. The van der Waals surface area contributed by atoms with Crippen molar-refractivity contribution >= 4 is 11.6 Å². The van der Waals surface area contributed by atoms with Gasteiger partial charge in [0, 0.05) is 18.0 Å². The lowest BCUT2D eigenvalue weighted by atomic mass is 10.2. The molecule has 142 valence electrons. The van der Waals surface area contributed by atoms with Crippen LogP contribution < -0.4 is 5.32 Å². The van der Waals surface area contributed by atoms with Gasteiger partial charge in [0.05, 0.1) is 5.69 Å². The first-order valence-electron chi connectivity index (χ1n) is 7.35. The number of aromatic nitrogens is 3. The molecule has 0 unspecified atom stereocenters. The molecule has 0 atom stereocenters. The predicted octanol–water partition coefficient (Wildman–Crippen LogP) is 4.49. The summed E-state index contributed by atoms with van der Waals surface area (Å²) in [5.41, 5.74) is -2.94. The third-order valence-electron chi connectivity index (χ3n) is 3.50. The Kier molecular flexibility index (Phi) is 4.46. The van der Waals surface area contributed by atoms with E-state index in [1.165, 1.54) is 24.4 Å². The number of anilines is 1. The average molecular weight is 388 g/mol. The molecule has 0 fully saturated rings. The first-order chi connectivity index (χ1) is 12.6. The number of carbonyl (C=O) groups excluding carboxylic acids is 1. The molecule has 0 aliphatic rings. The van der Waals surface area contributed by atoms with E-state index < -0.39 is 29.6 Å². The Morgan fingerprint density at radius 1 is 1.00 bits per heavy atom. The van der Waals surface area contributed by atoms with Gasteiger partial charge in [-0.25, -0.2) is 4.68 Å². The molecule has 3 aromatic rings. The number of halogens is 6. The fourth-order valence-corrected chi connectivity index (χ4v) is 2.27. The summed E-state index contributed by atoms with van der Waals surface area (Å²) in [5, 5.41) is 5.52. The van der Waals surface area contributed by atoms with Crippen molar-refractivity contribution < 1.29 is 31.1 Å². The van der Waals surface area contributed by atoms with Crippen molar-refractivity contribution in [3.63, 3.8) is 0 Å². The van der Waals surface area contributed by atoms with Gasteiger partial charge in [-0.15, -0.1) is 0 Å². The molecule has 2 aromatic heterocycles. The van der Waals surface area contributed by atoms with Crippen molar-refractivity contribution in [1.29, 1.82) is 0 Å². The Balaban J connectivity index is 1.91. The molecule has 1 aromatic carbocycles. The number of benzene rings is 1. The van der Waals surface area contributed by atoms with Crippen LogP contribution in [0.5, 0.6) is 0 Å². The van der Waals surface area contributed by atoms with E-state index in [0.29, 0.717) is 0 Å². The largest absolute Gasteiger partial charge is 0.435 e. The zero-order valence-electron chi connectivity index (χ0n) is 13.2. The van der Waals surface area contributed by atoms with Crippen LogP contribution >= 0.6 is 0 Å². The minimum atomic E-state index is -5.03. The van der Waals surface area contributed by atoms with E-state index in [1.807, 2.05) is 0 Å². The quantitative estimate of drug-likeness (QED) is 0.650. The van der Waals surface area contributed by atoms with Crippen LogP contribution in [0.1, 0.15) is 21.9 Å². The van der Waals surface area contributed by atoms with Gasteiger partial charge in [0.2, 0.25) is 0 Å². The van der Waals surface area contributed by atoms with Crippen LogP contribution in [0.25, 0.3) is 5.69 Å². The number of rotatable bonds is 3. The molecule has 3 rings (SSSR count). The monoisotopic (exact) mass is 388 g/mol. The third kappa shape index (κ3) is 3.96. The van der Waals surface area contributed by atoms with Crippen LogP contribution in [0.3, 0.4) is 0 Å². The van der Waals surface area contributed by atoms with Crippen LogP contribution in [0.15, 0.2) is 48.7 Å². The number of amides is 1. The van der Waals surface area contributed by atoms with E-state index in [9.17, 15) is 31.1 Å². The summed E-state index contributed by atoms with van der Waals surface area (Å²) < 4.78 is 77.5. The Bertz CT molecular complexity index is 939. The lowest BCUT2D eigenvalue weighted by Crippen LogP contribution is -2.14. The maximum absolute atomic E-state index is 13.1. The van der Waals surface area contributed by atoms with Crippen molar-refractivity contribution in [1.82, 2.24) is 14.8 Å². The molecule has 2 N–H and O–H groups in total. The number of alkyl halides is 6. The fourth-order valence-electron chi connectivity index (χ4n) is 2.27. The van der Waals surface area contributed by atoms with Gasteiger partial charge in [0.15, 0.2) is 5.69 Å². The van der Waals surface area contributed by atoms with Gasteiger partial charge in [0.25, 0.3) is 5.91 Å². The van der Waals surface area contributed by atoms with Crippen molar-refractivity contribution in [2.45, 2.75) is 12.4 Å². The van der Waals surface area contributed by atoms with Crippen molar-refractivity contribution in [2.24, 2.45) is 0 Å². The highest BCUT2D eigenvalue weighted by Crippen LogP contribution is 2.36. The number of aromatic amines is 1. The minimum absolute atomic E-state index is 0.0546. The van der Waals surface area contributed by atoms with Gasteiger partial charge in [-0.05, 0) is 36.4 Å². The molecular formula is C16H10F6N4O. The summed E-state index contributed by atoms with van der Waals surface area (Å²) in [6.45, 7) is 0. The number of nitrogens with one attached hydrogen (secondary N) is 2. The summed E-state index contributed by atoms with van der Waals surface area (Å²) in [6.07, 6.45) is -8.52. The highest BCUT2D eigenvalue weighted by atomic mass is 19.4. The second kappa shape index (κ2) is 6.49. The Morgan fingerprint density at radius 2 is 1.67 bits per heavy atom. The number of nitrogens with zero attached hydrogens (tertiary/aromatic N) is 2. The third-order valence-corrected chi connectivity index (χ3v) is 3.50. The van der Waals surface area contributed by atoms with E-state index in [1.54, 1.807) is 6.07 Å². The lowest BCUT2D eigenvalue weighted by molar-refractivity contribution is -0.143. The molecule has 11 heteroatoms. The normalized spacial score (nSPS) is 12.2. The smallest absolute Gasteiger partial charge is 0.357 e.